The Bertz CT molecular complexity index is 297. The lowest BCUT2D eigenvalue weighted by Crippen LogP contribution is -2.02. The molecule has 0 aromatic heterocycles. The maximum absolute atomic E-state index is 9.16. The van der Waals surface area contributed by atoms with Gasteiger partial charge in [0.25, 0.3) is 0 Å². The SMILES string of the molecule is COc1cc(Cl)ccc1CCC(C)O. The Morgan fingerprint density at radius 3 is 2.79 bits per heavy atom. The monoisotopic (exact) mass is 214 g/mol. The molecule has 0 saturated carbocycles. The summed E-state index contributed by atoms with van der Waals surface area (Å²) in [5, 5.41) is 9.83. The molecular formula is C11H15ClO2. The molecule has 0 bridgehead atoms. The van der Waals surface area contributed by atoms with E-state index in [1.54, 1.807) is 20.1 Å². The van der Waals surface area contributed by atoms with Crippen LogP contribution < -0.4 is 4.74 Å². The van der Waals surface area contributed by atoms with Crippen molar-refractivity contribution in [2.75, 3.05) is 7.11 Å². The molecule has 0 spiro atoms. The molecule has 0 aliphatic rings. The molecule has 0 saturated heterocycles. The second kappa shape index (κ2) is 5.23. The van der Waals surface area contributed by atoms with Gasteiger partial charge in [0.05, 0.1) is 13.2 Å². The molecule has 0 heterocycles. The van der Waals surface area contributed by atoms with E-state index in [-0.39, 0.29) is 6.10 Å². The number of rotatable bonds is 4. The van der Waals surface area contributed by atoms with Crippen molar-refractivity contribution in [3.8, 4) is 5.75 Å². The first-order chi connectivity index (χ1) is 6.63. The van der Waals surface area contributed by atoms with Crippen molar-refractivity contribution >= 4 is 11.6 Å². The topological polar surface area (TPSA) is 29.5 Å². The van der Waals surface area contributed by atoms with Crippen molar-refractivity contribution in [2.24, 2.45) is 0 Å². The summed E-state index contributed by atoms with van der Waals surface area (Å²) < 4.78 is 5.19. The second-order valence-corrected chi connectivity index (χ2v) is 3.78. The van der Waals surface area contributed by atoms with Crippen LogP contribution in [0.15, 0.2) is 18.2 Å². The molecule has 1 aromatic carbocycles. The number of hydrogen-bond donors (Lipinski definition) is 1. The van der Waals surface area contributed by atoms with Crippen LogP contribution in [0.3, 0.4) is 0 Å². The quantitative estimate of drug-likeness (QED) is 0.835. The minimum atomic E-state index is -0.282. The largest absolute Gasteiger partial charge is 0.496 e. The highest BCUT2D eigenvalue weighted by molar-refractivity contribution is 6.30. The van der Waals surface area contributed by atoms with E-state index in [2.05, 4.69) is 0 Å². The number of aryl methyl sites for hydroxylation is 1. The van der Waals surface area contributed by atoms with Gasteiger partial charge in [0.2, 0.25) is 0 Å². The van der Waals surface area contributed by atoms with Crippen molar-refractivity contribution in [1.29, 1.82) is 0 Å². The van der Waals surface area contributed by atoms with Gasteiger partial charge in [-0.05, 0) is 37.5 Å². The summed E-state index contributed by atoms with van der Waals surface area (Å²) in [6.45, 7) is 1.78. The van der Waals surface area contributed by atoms with Crippen molar-refractivity contribution in [3.05, 3.63) is 28.8 Å². The van der Waals surface area contributed by atoms with Gasteiger partial charge in [-0.1, -0.05) is 17.7 Å². The number of halogens is 1. The predicted octanol–water partition coefficient (Wildman–Crippen LogP) is 2.66. The lowest BCUT2D eigenvalue weighted by molar-refractivity contribution is 0.184. The van der Waals surface area contributed by atoms with Crippen LogP contribution in [-0.2, 0) is 6.42 Å². The van der Waals surface area contributed by atoms with Crippen molar-refractivity contribution in [3.63, 3.8) is 0 Å². The molecule has 1 rings (SSSR count). The third-order valence-electron chi connectivity index (χ3n) is 2.08. The fourth-order valence-corrected chi connectivity index (χ4v) is 1.45. The molecule has 1 atom stereocenters. The van der Waals surface area contributed by atoms with Crippen molar-refractivity contribution in [2.45, 2.75) is 25.9 Å². The van der Waals surface area contributed by atoms with E-state index in [0.717, 1.165) is 24.2 Å². The van der Waals surface area contributed by atoms with Crippen LogP contribution in [0.5, 0.6) is 5.75 Å². The lowest BCUT2D eigenvalue weighted by atomic mass is 10.1. The number of aliphatic hydroxyl groups is 1. The highest BCUT2D eigenvalue weighted by atomic mass is 35.5. The van der Waals surface area contributed by atoms with Gasteiger partial charge >= 0.3 is 0 Å². The summed E-state index contributed by atoms with van der Waals surface area (Å²) in [5.41, 5.74) is 1.08. The zero-order valence-electron chi connectivity index (χ0n) is 8.46. The first-order valence-electron chi connectivity index (χ1n) is 4.64. The lowest BCUT2D eigenvalue weighted by Gasteiger charge is -2.09. The van der Waals surface area contributed by atoms with E-state index in [1.165, 1.54) is 0 Å². The van der Waals surface area contributed by atoms with Crippen LogP contribution >= 0.6 is 11.6 Å². The minimum Gasteiger partial charge on any atom is -0.496 e. The molecular weight excluding hydrogens is 200 g/mol. The molecule has 0 radical (unpaired) electrons. The van der Waals surface area contributed by atoms with Gasteiger partial charge in [-0.25, -0.2) is 0 Å². The third-order valence-corrected chi connectivity index (χ3v) is 2.32. The Labute approximate surface area is 89.5 Å². The Hall–Kier alpha value is -0.730. The van der Waals surface area contributed by atoms with E-state index in [1.807, 2.05) is 12.1 Å². The number of benzene rings is 1. The van der Waals surface area contributed by atoms with Crippen LogP contribution in [0.4, 0.5) is 0 Å². The number of ether oxygens (including phenoxy) is 1. The smallest absolute Gasteiger partial charge is 0.123 e. The molecule has 0 aliphatic carbocycles. The summed E-state index contributed by atoms with van der Waals surface area (Å²) in [4.78, 5) is 0. The molecule has 2 nitrogen and oxygen atoms in total. The summed E-state index contributed by atoms with van der Waals surface area (Å²) in [7, 11) is 1.62. The van der Waals surface area contributed by atoms with Gasteiger partial charge < -0.3 is 9.84 Å². The molecule has 1 aromatic rings. The van der Waals surface area contributed by atoms with Gasteiger partial charge in [-0.15, -0.1) is 0 Å². The Morgan fingerprint density at radius 1 is 1.50 bits per heavy atom. The summed E-state index contributed by atoms with van der Waals surface area (Å²) >= 11 is 5.83. The van der Waals surface area contributed by atoms with E-state index in [4.69, 9.17) is 21.4 Å². The average molecular weight is 215 g/mol. The Morgan fingerprint density at radius 2 is 2.21 bits per heavy atom. The fraction of sp³-hybridized carbons (Fsp3) is 0.455. The van der Waals surface area contributed by atoms with Gasteiger partial charge in [0, 0.05) is 5.02 Å². The van der Waals surface area contributed by atoms with E-state index in [9.17, 15) is 0 Å². The number of hydrogen-bond acceptors (Lipinski definition) is 2. The average Bonchev–Trinajstić information content (AvgIpc) is 2.15. The molecule has 0 amide bonds. The molecule has 78 valence electrons. The van der Waals surface area contributed by atoms with Gasteiger partial charge in [0.15, 0.2) is 0 Å². The fourth-order valence-electron chi connectivity index (χ4n) is 1.29. The number of aliphatic hydroxyl groups excluding tert-OH is 1. The molecule has 1 unspecified atom stereocenters. The summed E-state index contributed by atoms with van der Waals surface area (Å²) in [6.07, 6.45) is 1.26. The molecule has 0 aliphatic heterocycles. The molecule has 0 fully saturated rings. The predicted molar refractivity (Wildman–Crippen MR) is 58.0 cm³/mol. The summed E-state index contributed by atoms with van der Waals surface area (Å²) in [5.74, 6) is 0.790. The van der Waals surface area contributed by atoms with Gasteiger partial charge in [0.1, 0.15) is 5.75 Å². The number of methoxy groups -OCH3 is 1. The third kappa shape index (κ3) is 3.20. The zero-order valence-corrected chi connectivity index (χ0v) is 9.21. The van der Waals surface area contributed by atoms with E-state index >= 15 is 0 Å². The highest BCUT2D eigenvalue weighted by Gasteiger charge is 2.05. The highest BCUT2D eigenvalue weighted by Crippen LogP contribution is 2.24. The first-order valence-corrected chi connectivity index (χ1v) is 5.01. The standard InChI is InChI=1S/C11H15ClO2/c1-8(13)3-4-9-5-6-10(12)7-11(9)14-2/h5-8,13H,3-4H2,1-2H3. The van der Waals surface area contributed by atoms with Crippen molar-refractivity contribution in [1.82, 2.24) is 0 Å². The second-order valence-electron chi connectivity index (χ2n) is 3.34. The molecule has 3 heteroatoms. The first kappa shape index (κ1) is 11.3. The van der Waals surface area contributed by atoms with Crippen LogP contribution in [0, 0.1) is 0 Å². The maximum Gasteiger partial charge on any atom is 0.123 e. The maximum atomic E-state index is 9.16. The Balaban J connectivity index is 2.75. The van der Waals surface area contributed by atoms with Gasteiger partial charge in [-0.2, -0.15) is 0 Å². The van der Waals surface area contributed by atoms with Crippen LogP contribution in [0.25, 0.3) is 0 Å². The normalized spacial score (nSPS) is 12.6. The zero-order chi connectivity index (χ0) is 10.6. The van der Waals surface area contributed by atoms with Crippen molar-refractivity contribution < 1.29 is 9.84 Å². The van der Waals surface area contributed by atoms with Crippen LogP contribution in [0.2, 0.25) is 5.02 Å². The summed E-state index contributed by atoms with van der Waals surface area (Å²) in [6, 6.07) is 5.56. The molecule has 1 N–H and O–H groups in total. The van der Waals surface area contributed by atoms with E-state index in [0.29, 0.717) is 5.02 Å². The van der Waals surface area contributed by atoms with E-state index < -0.39 is 0 Å². The van der Waals surface area contributed by atoms with Crippen LogP contribution in [0.1, 0.15) is 18.9 Å². The molecule has 14 heavy (non-hydrogen) atoms. The van der Waals surface area contributed by atoms with Crippen LogP contribution in [-0.4, -0.2) is 18.3 Å². The van der Waals surface area contributed by atoms with Gasteiger partial charge in [-0.3, -0.25) is 0 Å². The minimum absolute atomic E-state index is 0.282. The Kier molecular flexibility index (Phi) is 4.23.